The van der Waals surface area contributed by atoms with E-state index in [1.165, 1.54) is 0 Å². The van der Waals surface area contributed by atoms with Crippen LogP contribution in [0.2, 0.25) is 0 Å². The van der Waals surface area contributed by atoms with Crippen molar-refractivity contribution in [2.24, 2.45) is 0 Å². The van der Waals surface area contributed by atoms with Gasteiger partial charge >= 0.3 is 0 Å². The third-order valence-corrected chi connectivity index (χ3v) is 7.25. The number of nitrogens with one attached hydrogen (secondary N) is 1. The monoisotopic (exact) mass is 460 g/mol. The van der Waals surface area contributed by atoms with E-state index in [1.54, 1.807) is 24.1 Å². The lowest BCUT2D eigenvalue weighted by Crippen LogP contribution is -2.47. The minimum Gasteiger partial charge on any atom is -0.369 e. The second-order valence-corrected chi connectivity index (χ2v) is 10.9. The fraction of sp³-hybridized carbons (Fsp3) is 0.409. The maximum atomic E-state index is 12.3. The average Bonchev–Trinajstić information content (AvgIpc) is 2.74. The Bertz CT molecular complexity index is 1020. The number of benzene rings is 2. The Morgan fingerprint density at radius 1 is 0.968 bits per heavy atom. The molecule has 1 N–H and O–H groups in total. The second-order valence-electron chi connectivity index (χ2n) is 7.98. The molecule has 0 aliphatic carbocycles. The van der Waals surface area contributed by atoms with Crippen LogP contribution in [0.5, 0.6) is 0 Å². The highest BCUT2D eigenvalue weighted by Crippen LogP contribution is 2.31. The van der Waals surface area contributed by atoms with Gasteiger partial charge in [0.05, 0.1) is 12.8 Å². The maximum Gasteiger partial charge on any atom is 0.229 e. The third kappa shape index (κ3) is 6.00. The van der Waals surface area contributed by atoms with E-state index < -0.39 is 10.0 Å². The molecular formula is C22H28N4O3S2. The molecule has 0 aromatic heterocycles. The van der Waals surface area contributed by atoms with Crippen LogP contribution in [0, 0.1) is 0 Å². The quantitative estimate of drug-likeness (QED) is 0.637. The van der Waals surface area contributed by atoms with Crippen LogP contribution >= 0.6 is 11.9 Å². The Morgan fingerprint density at radius 2 is 1.68 bits per heavy atom. The first-order valence-corrected chi connectivity index (χ1v) is 13.1. The summed E-state index contributed by atoms with van der Waals surface area (Å²) >= 11 is 1.69. The minimum absolute atomic E-state index is 0.209. The summed E-state index contributed by atoms with van der Waals surface area (Å²) < 4.78 is 27.3. The molecule has 0 atom stereocenters. The van der Waals surface area contributed by atoms with Crippen LogP contribution in [-0.2, 0) is 10.0 Å². The predicted octanol–water partition coefficient (Wildman–Crippen LogP) is 2.78. The van der Waals surface area contributed by atoms with Crippen molar-refractivity contribution < 1.29 is 13.2 Å². The Labute approximate surface area is 188 Å². The molecule has 31 heavy (non-hydrogen) atoms. The van der Waals surface area contributed by atoms with Crippen molar-refractivity contribution in [2.45, 2.75) is 11.3 Å². The van der Waals surface area contributed by atoms with Gasteiger partial charge in [-0.15, -0.1) is 0 Å². The van der Waals surface area contributed by atoms with Gasteiger partial charge in [-0.1, -0.05) is 18.2 Å². The molecule has 0 radical (unpaired) electrons. The Morgan fingerprint density at radius 3 is 2.39 bits per heavy atom. The summed E-state index contributed by atoms with van der Waals surface area (Å²) in [6.07, 6.45) is 2.19. The number of carbonyl (C=O) groups is 1. The van der Waals surface area contributed by atoms with Gasteiger partial charge in [0.15, 0.2) is 5.78 Å². The van der Waals surface area contributed by atoms with Crippen molar-refractivity contribution in [3.63, 3.8) is 0 Å². The molecule has 4 rings (SSSR count). The number of hydrogen-bond donors (Lipinski definition) is 1. The third-order valence-electron chi connectivity index (χ3n) is 5.52. The topological polar surface area (TPSA) is 73.0 Å². The number of carbonyl (C=O) groups excluding carboxylic acids is 1. The fourth-order valence-electron chi connectivity index (χ4n) is 3.97. The summed E-state index contributed by atoms with van der Waals surface area (Å²) in [6, 6.07) is 15.4. The lowest BCUT2D eigenvalue weighted by atomic mass is 10.1. The van der Waals surface area contributed by atoms with Gasteiger partial charge in [0.1, 0.15) is 0 Å². The number of nitrogens with zero attached hydrogens (tertiary/aromatic N) is 3. The van der Waals surface area contributed by atoms with Gasteiger partial charge in [-0.3, -0.25) is 14.4 Å². The highest BCUT2D eigenvalue weighted by molar-refractivity contribution is 7.97. The van der Waals surface area contributed by atoms with Gasteiger partial charge in [0, 0.05) is 54.6 Å². The van der Waals surface area contributed by atoms with E-state index in [1.807, 2.05) is 36.4 Å². The number of fused-ring (bicyclic) bond motifs is 1. The van der Waals surface area contributed by atoms with Gasteiger partial charge in [-0.05, 0) is 55.2 Å². The van der Waals surface area contributed by atoms with Crippen molar-refractivity contribution in [3.8, 4) is 0 Å². The molecule has 2 aromatic carbocycles. The smallest absolute Gasteiger partial charge is 0.229 e. The standard InChI is InChI=1S/C22H28N4O3S2/c1-31(28,29)23-18-7-9-19(10-8-18)25-15-13-24(14-16-25)11-4-12-26-17-21(27)20-5-2-3-6-22(20)30-26/h2-3,5-10,23H,4,11-17H2,1H3. The number of sulfonamides is 1. The summed E-state index contributed by atoms with van der Waals surface area (Å²) in [6.45, 7) is 6.31. The van der Waals surface area contributed by atoms with Crippen LogP contribution in [0.25, 0.3) is 0 Å². The maximum absolute atomic E-state index is 12.3. The first-order valence-electron chi connectivity index (χ1n) is 10.5. The van der Waals surface area contributed by atoms with Crippen molar-refractivity contribution in [3.05, 3.63) is 54.1 Å². The number of hydrogen-bond acceptors (Lipinski definition) is 7. The molecule has 2 aliphatic rings. The van der Waals surface area contributed by atoms with Gasteiger partial charge in [-0.25, -0.2) is 12.7 Å². The van der Waals surface area contributed by atoms with Gasteiger partial charge in [0.2, 0.25) is 10.0 Å². The summed E-state index contributed by atoms with van der Waals surface area (Å²) in [5.41, 5.74) is 2.54. The number of rotatable bonds is 7. The lowest BCUT2D eigenvalue weighted by molar-refractivity contribution is 0.0961. The van der Waals surface area contributed by atoms with Crippen LogP contribution in [0.1, 0.15) is 16.8 Å². The van der Waals surface area contributed by atoms with E-state index >= 15 is 0 Å². The van der Waals surface area contributed by atoms with E-state index in [9.17, 15) is 13.2 Å². The van der Waals surface area contributed by atoms with Gasteiger partial charge in [0.25, 0.3) is 0 Å². The molecule has 0 amide bonds. The molecule has 9 heteroatoms. The van der Waals surface area contributed by atoms with E-state index in [0.717, 1.165) is 68.1 Å². The SMILES string of the molecule is CS(=O)(=O)Nc1ccc(N2CCN(CCCN3CC(=O)c4ccccc4S3)CC2)cc1. The molecule has 0 saturated carbocycles. The van der Waals surface area contributed by atoms with Crippen molar-refractivity contribution in [1.82, 2.24) is 9.21 Å². The van der Waals surface area contributed by atoms with E-state index in [2.05, 4.69) is 18.8 Å². The predicted molar refractivity (Wildman–Crippen MR) is 126 cm³/mol. The summed E-state index contributed by atoms with van der Waals surface area (Å²) in [5, 5.41) is 0. The summed E-state index contributed by atoms with van der Waals surface area (Å²) in [5.74, 6) is 0.209. The Kier molecular flexibility index (Phi) is 6.86. The molecule has 1 saturated heterocycles. The molecule has 0 spiro atoms. The van der Waals surface area contributed by atoms with Gasteiger partial charge < -0.3 is 4.90 Å². The first kappa shape index (κ1) is 22.1. The van der Waals surface area contributed by atoms with Crippen LogP contribution in [-0.4, -0.2) is 75.5 Å². The summed E-state index contributed by atoms with van der Waals surface area (Å²) in [7, 11) is -3.25. The van der Waals surface area contributed by atoms with Crippen molar-refractivity contribution in [1.29, 1.82) is 0 Å². The molecular weight excluding hydrogens is 432 g/mol. The number of anilines is 2. The van der Waals surface area contributed by atoms with E-state index in [0.29, 0.717) is 12.2 Å². The zero-order valence-corrected chi connectivity index (χ0v) is 19.3. The number of Topliss-reactive ketones (excluding diaryl/α,β-unsaturated/α-hetero) is 1. The lowest BCUT2D eigenvalue weighted by Gasteiger charge is -2.36. The average molecular weight is 461 g/mol. The van der Waals surface area contributed by atoms with Crippen LogP contribution in [0.3, 0.4) is 0 Å². The molecule has 7 nitrogen and oxygen atoms in total. The van der Waals surface area contributed by atoms with Crippen molar-refractivity contribution >= 4 is 39.1 Å². The Hall–Kier alpha value is -2.07. The molecule has 166 valence electrons. The van der Waals surface area contributed by atoms with Crippen LogP contribution in [0.15, 0.2) is 53.4 Å². The normalized spacial score (nSPS) is 18.1. The molecule has 1 fully saturated rings. The summed E-state index contributed by atoms with van der Waals surface area (Å²) in [4.78, 5) is 18.2. The van der Waals surface area contributed by atoms with Gasteiger partial charge in [-0.2, -0.15) is 0 Å². The fourth-order valence-corrected chi connectivity index (χ4v) is 5.64. The van der Waals surface area contributed by atoms with Crippen LogP contribution < -0.4 is 9.62 Å². The molecule has 0 unspecified atom stereocenters. The molecule has 0 bridgehead atoms. The number of ketones is 1. The second kappa shape index (κ2) is 9.60. The van der Waals surface area contributed by atoms with E-state index in [4.69, 9.17) is 0 Å². The van der Waals surface area contributed by atoms with Crippen LogP contribution in [0.4, 0.5) is 11.4 Å². The minimum atomic E-state index is -3.25. The highest BCUT2D eigenvalue weighted by Gasteiger charge is 2.24. The zero-order valence-electron chi connectivity index (χ0n) is 17.7. The molecule has 2 aromatic rings. The zero-order chi connectivity index (χ0) is 21.8. The molecule has 2 aliphatic heterocycles. The van der Waals surface area contributed by atoms with Crippen molar-refractivity contribution in [2.75, 3.05) is 61.7 Å². The Balaban J connectivity index is 1.20. The highest BCUT2D eigenvalue weighted by atomic mass is 32.2. The first-order chi connectivity index (χ1) is 14.9. The molecule has 2 heterocycles. The van der Waals surface area contributed by atoms with E-state index in [-0.39, 0.29) is 5.78 Å². The largest absolute Gasteiger partial charge is 0.369 e. The number of piperazine rings is 1.